The summed E-state index contributed by atoms with van der Waals surface area (Å²) in [4.78, 5) is 34.4. The second kappa shape index (κ2) is 5.15. The van der Waals surface area contributed by atoms with Crippen LogP contribution in [0, 0.1) is 10.1 Å². The maximum atomic E-state index is 11.8. The predicted octanol–water partition coefficient (Wildman–Crippen LogP) is -0.892. The van der Waals surface area contributed by atoms with E-state index in [1.165, 1.54) is 22.8 Å². The molecule has 0 spiro atoms. The third kappa shape index (κ3) is 2.53. The van der Waals surface area contributed by atoms with E-state index in [0.717, 1.165) is 0 Å². The maximum Gasteiger partial charge on any atom is 0.330 e. The van der Waals surface area contributed by atoms with Crippen molar-refractivity contribution in [1.82, 2.24) is 15.1 Å². The monoisotopic (exact) mass is 283 g/mol. The maximum absolute atomic E-state index is 11.8. The van der Waals surface area contributed by atoms with Gasteiger partial charge in [0, 0.05) is 20.1 Å². The lowest BCUT2D eigenvalue weighted by Gasteiger charge is -2.33. The minimum Gasteiger partial charge on any atom is -0.481 e. The van der Waals surface area contributed by atoms with E-state index < -0.39 is 29.3 Å². The van der Waals surface area contributed by atoms with Crippen molar-refractivity contribution in [3.8, 4) is 0 Å². The Morgan fingerprint density at radius 2 is 2.40 bits per heavy atom. The number of aryl methyl sites for hydroxylation is 1. The van der Waals surface area contributed by atoms with Gasteiger partial charge in [0.2, 0.25) is 11.7 Å². The summed E-state index contributed by atoms with van der Waals surface area (Å²) in [6, 6.07) is -1.00. The number of nitrogens with zero attached hydrogens (tertiary/aromatic N) is 4. The van der Waals surface area contributed by atoms with Gasteiger partial charge in [-0.25, -0.2) is 0 Å². The minimum absolute atomic E-state index is 0.0126. The molecule has 1 saturated heterocycles. The van der Waals surface area contributed by atoms with Crippen LogP contribution in [0.15, 0.2) is 6.20 Å². The normalized spacial score (nSPS) is 18.8. The van der Waals surface area contributed by atoms with Gasteiger partial charge in [0.25, 0.3) is 0 Å². The molecule has 1 aliphatic heterocycles. The summed E-state index contributed by atoms with van der Waals surface area (Å²) < 4.78 is 1.26. The number of carboxylic acid groups (broad SMARTS) is 1. The third-order valence-electron chi connectivity index (χ3n) is 2.96. The van der Waals surface area contributed by atoms with Gasteiger partial charge in [-0.05, 0) is 0 Å². The van der Waals surface area contributed by atoms with Gasteiger partial charge in [0.15, 0.2) is 0 Å². The quantitative estimate of drug-likeness (QED) is 0.541. The van der Waals surface area contributed by atoms with Crippen LogP contribution in [0.2, 0.25) is 0 Å². The molecule has 1 unspecified atom stereocenters. The molecule has 1 aromatic heterocycles. The lowest BCUT2D eigenvalue weighted by molar-refractivity contribution is -0.384. The number of anilines is 1. The smallest absolute Gasteiger partial charge is 0.330 e. The van der Waals surface area contributed by atoms with E-state index in [9.17, 15) is 19.7 Å². The molecule has 1 atom stereocenters. The van der Waals surface area contributed by atoms with E-state index in [4.69, 9.17) is 5.11 Å². The van der Waals surface area contributed by atoms with Gasteiger partial charge >= 0.3 is 11.7 Å². The van der Waals surface area contributed by atoms with Gasteiger partial charge in [-0.15, -0.1) is 5.10 Å². The number of aliphatic carboxylic acids is 1. The summed E-state index contributed by atoms with van der Waals surface area (Å²) in [6.07, 6.45) is 0.777. The summed E-state index contributed by atoms with van der Waals surface area (Å²) >= 11 is 0. The first-order valence-corrected chi connectivity index (χ1v) is 5.84. The van der Waals surface area contributed by atoms with Crippen LogP contribution in [0.4, 0.5) is 11.5 Å². The molecule has 20 heavy (non-hydrogen) atoms. The van der Waals surface area contributed by atoms with Crippen molar-refractivity contribution in [2.45, 2.75) is 12.5 Å². The molecule has 10 nitrogen and oxygen atoms in total. The SMILES string of the molecule is Cn1cc([N+](=O)[O-])c(N2CCNC(=O)C2CC(=O)O)n1. The molecule has 10 heteroatoms. The molecular formula is C10H13N5O5. The van der Waals surface area contributed by atoms with E-state index in [2.05, 4.69) is 10.4 Å². The zero-order valence-corrected chi connectivity index (χ0v) is 10.6. The van der Waals surface area contributed by atoms with Crippen molar-refractivity contribution in [2.75, 3.05) is 18.0 Å². The van der Waals surface area contributed by atoms with Crippen LogP contribution in [-0.4, -0.2) is 50.8 Å². The standard InChI is InChI=1S/C10H13N5O5/c1-13-5-7(15(19)20)9(12-13)14-3-2-11-10(18)6(14)4-8(16)17/h5-6H,2-4H2,1H3,(H,11,18)(H,16,17). The summed E-state index contributed by atoms with van der Waals surface area (Å²) in [5.74, 6) is -1.62. The number of piperazine rings is 1. The Hall–Kier alpha value is -2.65. The highest BCUT2D eigenvalue weighted by molar-refractivity contribution is 5.90. The van der Waals surface area contributed by atoms with E-state index in [-0.39, 0.29) is 24.6 Å². The van der Waals surface area contributed by atoms with Crippen LogP contribution in [0.1, 0.15) is 6.42 Å². The average molecular weight is 283 g/mol. The van der Waals surface area contributed by atoms with Crippen molar-refractivity contribution in [1.29, 1.82) is 0 Å². The molecule has 108 valence electrons. The molecule has 0 radical (unpaired) electrons. The van der Waals surface area contributed by atoms with Crippen LogP contribution >= 0.6 is 0 Å². The Labute approximate surface area is 113 Å². The first-order valence-electron chi connectivity index (χ1n) is 5.84. The van der Waals surface area contributed by atoms with Gasteiger partial charge < -0.3 is 15.3 Å². The molecule has 0 aromatic carbocycles. The van der Waals surface area contributed by atoms with Crippen molar-refractivity contribution in [3.63, 3.8) is 0 Å². The van der Waals surface area contributed by atoms with Gasteiger partial charge in [0.1, 0.15) is 12.2 Å². The highest BCUT2D eigenvalue weighted by Crippen LogP contribution is 2.29. The fraction of sp³-hybridized carbons (Fsp3) is 0.500. The van der Waals surface area contributed by atoms with Crippen LogP contribution in [0.3, 0.4) is 0 Å². The second-order valence-corrected chi connectivity index (χ2v) is 4.37. The van der Waals surface area contributed by atoms with Crippen LogP contribution < -0.4 is 10.2 Å². The zero-order valence-electron chi connectivity index (χ0n) is 10.6. The summed E-state index contributed by atoms with van der Waals surface area (Å²) in [7, 11) is 1.52. The van der Waals surface area contributed by atoms with Gasteiger partial charge in [-0.1, -0.05) is 0 Å². The number of hydrogen-bond donors (Lipinski definition) is 2. The van der Waals surface area contributed by atoms with Crippen molar-refractivity contribution in [2.24, 2.45) is 7.05 Å². The lowest BCUT2D eigenvalue weighted by Crippen LogP contribution is -2.56. The summed E-state index contributed by atoms with van der Waals surface area (Å²) in [6.45, 7) is 0.546. The first-order chi connectivity index (χ1) is 9.40. The largest absolute Gasteiger partial charge is 0.481 e. The molecule has 0 bridgehead atoms. The lowest BCUT2D eigenvalue weighted by atomic mass is 10.1. The number of nitrogens with one attached hydrogen (secondary N) is 1. The number of aromatic nitrogens is 2. The highest BCUT2D eigenvalue weighted by Gasteiger charge is 2.36. The number of carbonyl (C=O) groups excluding carboxylic acids is 1. The van der Waals surface area contributed by atoms with Crippen LogP contribution in [-0.2, 0) is 16.6 Å². The van der Waals surface area contributed by atoms with Gasteiger partial charge in [-0.2, -0.15) is 0 Å². The van der Waals surface area contributed by atoms with E-state index >= 15 is 0 Å². The highest BCUT2D eigenvalue weighted by atomic mass is 16.6. The van der Waals surface area contributed by atoms with Crippen LogP contribution in [0.5, 0.6) is 0 Å². The molecular weight excluding hydrogens is 270 g/mol. The number of carbonyl (C=O) groups is 2. The van der Waals surface area contributed by atoms with E-state index in [0.29, 0.717) is 0 Å². The Morgan fingerprint density at radius 3 is 3.00 bits per heavy atom. The van der Waals surface area contributed by atoms with Crippen molar-refractivity contribution < 1.29 is 19.6 Å². The van der Waals surface area contributed by atoms with Gasteiger partial charge in [-0.3, -0.25) is 24.4 Å². The number of nitro groups is 1. The fourth-order valence-electron chi connectivity index (χ4n) is 2.13. The van der Waals surface area contributed by atoms with E-state index in [1.54, 1.807) is 0 Å². The molecule has 2 heterocycles. The molecule has 0 aliphatic carbocycles. The average Bonchev–Trinajstić information content (AvgIpc) is 2.73. The minimum atomic E-state index is -1.16. The number of carboxylic acids is 1. The Balaban J connectivity index is 2.39. The second-order valence-electron chi connectivity index (χ2n) is 4.37. The topological polar surface area (TPSA) is 131 Å². The van der Waals surface area contributed by atoms with Crippen LogP contribution in [0.25, 0.3) is 0 Å². The fourth-order valence-corrected chi connectivity index (χ4v) is 2.13. The van der Waals surface area contributed by atoms with Crippen molar-refractivity contribution >= 4 is 23.4 Å². The molecule has 1 fully saturated rings. The molecule has 1 amide bonds. The Morgan fingerprint density at radius 1 is 1.70 bits per heavy atom. The Bertz CT molecular complexity index is 568. The summed E-state index contributed by atoms with van der Waals surface area (Å²) in [5.41, 5.74) is -0.252. The first kappa shape index (κ1) is 13.8. The Kier molecular flexibility index (Phi) is 3.55. The summed E-state index contributed by atoms with van der Waals surface area (Å²) in [5, 5.41) is 26.4. The third-order valence-corrected chi connectivity index (χ3v) is 2.96. The predicted molar refractivity (Wildman–Crippen MR) is 66.3 cm³/mol. The number of amides is 1. The number of hydrogen-bond acceptors (Lipinski definition) is 6. The number of rotatable bonds is 4. The molecule has 1 aromatic rings. The zero-order chi connectivity index (χ0) is 14.9. The van der Waals surface area contributed by atoms with Gasteiger partial charge in [0.05, 0.1) is 11.3 Å². The molecule has 2 N–H and O–H groups in total. The molecule has 0 saturated carbocycles. The molecule has 2 rings (SSSR count). The van der Waals surface area contributed by atoms with E-state index in [1.807, 2.05) is 0 Å². The van der Waals surface area contributed by atoms with Crippen molar-refractivity contribution in [3.05, 3.63) is 16.3 Å². The molecule has 1 aliphatic rings.